The fraction of sp³-hybridized carbons (Fsp3) is 0.588. The van der Waals surface area contributed by atoms with Gasteiger partial charge in [0.05, 0.1) is 5.56 Å². The van der Waals surface area contributed by atoms with Crippen LogP contribution in [0.1, 0.15) is 54.9 Å². The van der Waals surface area contributed by atoms with Crippen molar-refractivity contribution in [1.29, 1.82) is 0 Å². The number of carbonyl (C=O) groups excluding carboxylic acids is 1. The Labute approximate surface area is 122 Å². The lowest BCUT2D eigenvalue weighted by Gasteiger charge is -2.31. The van der Waals surface area contributed by atoms with E-state index >= 15 is 0 Å². The number of carbonyl (C=O) groups is 1. The number of anilines is 1. The van der Waals surface area contributed by atoms with Crippen molar-refractivity contribution in [3.05, 3.63) is 29.3 Å². The molecule has 2 N–H and O–H groups in total. The van der Waals surface area contributed by atoms with Crippen molar-refractivity contribution in [3.63, 3.8) is 0 Å². The van der Waals surface area contributed by atoms with E-state index in [1.54, 1.807) is 0 Å². The van der Waals surface area contributed by atoms with Crippen LogP contribution in [-0.4, -0.2) is 19.0 Å². The Morgan fingerprint density at radius 3 is 2.75 bits per heavy atom. The van der Waals surface area contributed by atoms with Gasteiger partial charge in [-0.05, 0) is 37.8 Å². The highest BCUT2D eigenvalue weighted by atomic mass is 16.1. The van der Waals surface area contributed by atoms with Gasteiger partial charge in [-0.2, -0.15) is 0 Å². The van der Waals surface area contributed by atoms with E-state index in [-0.39, 0.29) is 5.91 Å². The Morgan fingerprint density at radius 1 is 1.30 bits per heavy atom. The molecule has 0 spiro atoms. The average molecular weight is 274 g/mol. The maximum atomic E-state index is 12.6. The van der Waals surface area contributed by atoms with Crippen LogP contribution in [0, 0.1) is 12.8 Å². The van der Waals surface area contributed by atoms with Crippen molar-refractivity contribution in [2.24, 2.45) is 5.92 Å². The molecule has 0 radical (unpaired) electrons. The van der Waals surface area contributed by atoms with E-state index in [1.165, 1.54) is 19.3 Å². The SMILES string of the molecule is CCC1CCCCC1NC(=O)c1cc(C)ccc1NC. The number of hydrogen-bond acceptors (Lipinski definition) is 2. The molecule has 3 heteroatoms. The number of amides is 1. The number of benzene rings is 1. The van der Waals surface area contributed by atoms with Gasteiger partial charge in [0.15, 0.2) is 0 Å². The number of rotatable bonds is 4. The minimum atomic E-state index is 0.0587. The van der Waals surface area contributed by atoms with Crippen LogP contribution in [0.15, 0.2) is 18.2 Å². The topological polar surface area (TPSA) is 41.1 Å². The van der Waals surface area contributed by atoms with E-state index < -0.39 is 0 Å². The van der Waals surface area contributed by atoms with Gasteiger partial charge >= 0.3 is 0 Å². The number of aryl methyl sites for hydroxylation is 1. The van der Waals surface area contributed by atoms with Crippen LogP contribution in [0.5, 0.6) is 0 Å². The highest BCUT2D eigenvalue weighted by Crippen LogP contribution is 2.27. The van der Waals surface area contributed by atoms with Crippen molar-refractivity contribution in [2.75, 3.05) is 12.4 Å². The zero-order chi connectivity index (χ0) is 14.5. The summed E-state index contributed by atoms with van der Waals surface area (Å²) >= 11 is 0. The quantitative estimate of drug-likeness (QED) is 0.878. The molecule has 1 aromatic rings. The first kappa shape index (κ1) is 14.9. The Hall–Kier alpha value is -1.51. The largest absolute Gasteiger partial charge is 0.387 e. The first-order valence-corrected chi connectivity index (χ1v) is 7.75. The van der Waals surface area contributed by atoms with E-state index in [1.807, 2.05) is 32.2 Å². The molecule has 3 nitrogen and oxygen atoms in total. The third kappa shape index (κ3) is 3.33. The van der Waals surface area contributed by atoms with Gasteiger partial charge in [-0.15, -0.1) is 0 Å². The Morgan fingerprint density at radius 2 is 2.05 bits per heavy atom. The van der Waals surface area contributed by atoms with Gasteiger partial charge in [0.1, 0.15) is 0 Å². The summed E-state index contributed by atoms with van der Waals surface area (Å²) in [4.78, 5) is 12.6. The Kier molecular flexibility index (Phi) is 5.05. The summed E-state index contributed by atoms with van der Waals surface area (Å²) in [7, 11) is 1.86. The Bertz CT molecular complexity index is 470. The lowest BCUT2D eigenvalue weighted by atomic mass is 9.83. The first-order chi connectivity index (χ1) is 9.65. The molecule has 2 rings (SSSR count). The van der Waals surface area contributed by atoms with Gasteiger partial charge in [-0.1, -0.05) is 37.8 Å². The minimum Gasteiger partial charge on any atom is -0.387 e. The van der Waals surface area contributed by atoms with Gasteiger partial charge in [-0.25, -0.2) is 0 Å². The predicted molar refractivity (Wildman–Crippen MR) is 84.2 cm³/mol. The molecule has 2 unspecified atom stereocenters. The van der Waals surface area contributed by atoms with Gasteiger partial charge in [0, 0.05) is 18.8 Å². The van der Waals surface area contributed by atoms with Crippen molar-refractivity contribution in [1.82, 2.24) is 5.32 Å². The van der Waals surface area contributed by atoms with Gasteiger partial charge in [-0.3, -0.25) is 4.79 Å². The third-order valence-corrected chi connectivity index (χ3v) is 4.44. The van der Waals surface area contributed by atoms with Crippen LogP contribution < -0.4 is 10.6 Å². The minimum absolute atomic E-state index is 0.0587. The maximum Gasteiger partial charge on any atom is 0.253 e. The summed E-state index contributed by atoms with van der Waals surface area (Å²) in [5, 5.41) is 6.36. The number of hydrogen-bond donors (Lipinski definition) is 2. The molecule has 1 fully saturated rings. The van der Waals surface area contributed by atoms with Crippen LogP contribution in [0.25, 0.3) is 0 Å². The third-order valence-electron chi connectivity index (χ3n) is 4.44. The molecule has 2 atom stereocenters. The van der Waals surface area contributed by atoms with Crippen molar-refractivity contribution in [3.8, 4) is 0 Å². The van der Waals surface area contributed by atoms with E-state index in [0.717, 1.165) is 29.7 Å². The summed E-state index contributed by atoms with van der Waals surface area (Å²) in [6.45, 7) is 4.24. The summed E-state index contributed by atoms with van der Waals surface area (Å²) in [6, 6.07) is 6.30. The monoisotopic (exact) mass is 274 g/mol. The molecule has 0 aromatic heterocycles. The zero-order valence-corrected chi connectivity index (χ0v) is 12.8. The predicted octanol–water partition coefficient (Wildman–Crippen LogP) is 3.74. The van der Waals surface area contributed by atoms with Gasteiger partial charge in [0.2, 0.25) is 0 Å². The van der Waals surface area contributed by atoms with Crippen molar-refractivity contribution in [2.45, 2.75) is 52.0 Å². The number of nitrogens with one attached hydrogen (secondary N) is 2. The summed E-state index contributed by atoms with van der Waals surface area (Å²) < 4.78 is 0. The van der Waals surface area contributed by atoms with Crippen LogP contribution >= 0.6 is 0 Å². The van der Waals surface area contributed by atoms with Gasteiger partial charge in [0.25, 0.3) is 5.91 Å². The second-order valence-corrected chi connectivity index (χ2v) is 5.83. The van der Waals surface area contributed by atoms with Gasteiger partial charge < -0.3 is 10.6 Å². The molecule has 1 saturated carbocycles. The molecule has 0 aliphatic heterocycles. The standard InChI is InChI=1S/C17H26N2O/c1-4-13-7-5-6-8-15(13)19-17(20)14-11-12(2)9-10-16(14)18-3/h9-11,13,15,18H,4-8H2,1-3H3,(H,19,20). The molecule has 1 aliphatic carbocycles. The zero-order valence-electron chi connectivity index (χ0n) is 12.8. The normalized spacial score (nSPS) is 22.4. The molecular formula is C17H26N2O. The smallest absolute Gasteiger partial charge is 0.253 e. The lowest BCUT2D eigenvalue weighted by molar-refractivity contribution is 0.0905. The maximum absolute atomic E-state index is 12.6. The average Bonchev–Trinajstić information content (AvgIpc) is 2.47. The summed E-state index contributed by atoms with van der Waals surface area (Å²) in [5.41, 5.74) is 2.77. The molecule has 20 heavy (non-hydrogen) atoms. The molecule has 0 heterocycles. The molecule has 110 valence electrons. The van der Waals surface area contributed by atoms with E-state index in [0.29, 0.717) is 12.0 Å². The van der Waals surface area contributed by atoms with Crippen molar-refractivity contribution >= 4 is 11.6 Å². The van der Waals surface area contributed by atoms with Crippen LogP contribution in [0.2, 0.25) is 0 Å². The molecule has 1 amide bonds. The van der Waals surface area contributed by atoms with E-state index in [2.05, 4.69) is 17.6 Å². The first-order valence-electron chi connectivity index (χ1n) is 7.75. The highest BCUT2D eigenvalue weighted by molar-refractivity contribution is 6.00. The molecule has 1 aliphatic rings. The molecule has 1 aromatic carbocycles. The van der Waals surface area contributed by atoms with Crippen LogP contribution in [0.4, 0.5) is 5.69 Å². The van der Waals surface area contributed by atoms with Crippen LogP contribution in [-0.2, 0) is 0 Å². The van der Waals surface area contributed by atoms with Crippen LogP contribution in [0.3, 0.4) is 0 Å². The fourth-order valence-corrected chi connectivity index (χ4v) is 3.20. The van der Waals surface area contributed by atoms with E-state index in [9.17, 15) is 4.79 Å². The molecule has 0 bridgehead atoms. The second-order valence-electron chi connectivity index (χ2n) is 5.83. The van der Waals surface area contributed by atoms with E-state index in [4.69, 9.17) is 0 Å². The lowest BCUT2D eigenvalue weighted by Crippen LogP contribution is -2.42. The van der Waals surface area contributed by atoms with Crippen molar-refractivity contribution < 1.29 is 4.79 Å². The highest BCUT2D eigenvalue weighted by Gasteiger charge is 2.25. The fourth-order valence-electron chi connectivity index (χ4n) is 3.20. The molecular weight excluding hydrogens is 248 g/mol. The summed E-state index contributed by atoms with van der Waals surface area (Å²) in [6.07, 6.45) is 6.04. The Balaban J connectivity index is 2.13. The summed E-state index contributed by atoms with van der Waals surface area (Å²) in [5.74, 6) is 0.693. The second kappa shape index (κ2) is 6.78. The molecule has 0 saturated heterocycles.